The highest BCUT2D eigenvalue weighted by Gasteiger charge is 2.40. The van der Waals surface area contributed by atoms with E-state index >= 15 is 0 Å². The Morgan fingerprint density at radius 1 is 1.11 bits per heavy atom. The van der Waals surface area contributed by atoms with Crippen LogP contribution in [0.15, 0.2) is 41.3 Å². The van der Waals surface area contributed by atoms with E-state index in [1.54, 1.807) is 6.92 Å². The Balaban J connectivity index is 2.13. The Morgan fingerprint density at radius 3 is 2.26 bits per heavy atom. The molecule has 5 nitrogen and oxygen atoms in total. The van der Waals surface area contributed by atoms with Gasteiger partial charge in [0, 0.05) is 24.4 Å². The zero-order valence-electron chi connectivity index (χ0n) is 21.1. The monoisotopic (exact) mass is 585 g/mol. The molecule has 0 amide bonds. The van der Waals surface area contributed by atoms with Gasteiger partial charge in [0.05, 0.1) is 32.1 Å². The second-order valence-corrected chi connectivity index (χ2v) is 12.9. The Bertz CT molecular complexity index is 1140. The number of alkyl halides is 5. The zero-order valence-corrected chi connectivity index (χ0v) is 22.8. The third kappa shape index (κ3) is 7.40. The fourth-order valence-electron chi connectivity index (χ4n) is 4.03. The van der Waals surface area contributed by atoms with Gasteiger partial charge in [-0.3, -0.25) is 4.21 Å². The van der Waals surface area contributed by atoms with E-state index in [2.05, 4.69) is 0 Å². The Morgan fingerprint density at radius 2 is 1.74 bits per heavy atom. The third-order valence-electron chi connectivity index (χ3n) is 6.64. The summed E-state index contributed by atoms with van der Waals surface area (Å²) in [6, 6.07) is 6.78. The largest absolute Gasteiger partial charge is 0.492 e. The molecule has 38 heavy (non-hydrogen) atoms. The van der Waals surface area contributed by atoms with E-state index in [1.807, 2.05) is 0 Å². The maximum atomic E-state index is 14.2. The van der Waals surface area contributed by atoms with Gasteiger partial charge < -0.3 is 19.4 Å². The number of ether oxygens (including phenoxy) is 1. The van der Waals surface area contributed by atoms with Crippen LogP contribution in [0.25, 0.3) is 0 Å². The van der Waals surface area contributed by atoms with Crippen molar-refractivity contribution < 1.29 is 45.1 Å². The molecule has 2 aromatic rings. The van der Waals surface area contributed by atoms with Crippen molar-refractivity contribution in [1.82, 2.24) is 0 Å². The van der Waals surface area contributed by atoms with Crippen molar-refractivity contribution >= 4 is 30.5 Å². The predicted octanol–water partition coefficient (Wildman–Crippen LogP) is 7.00. The molecule has 1 aliphatic rings. The molecule has 0 fully saturated rings. The highest BCUT2D eigenvalue weighted by molar-refractivity contribution is 7.85. The van der Waals surface area contributed by atoms with E-state index in [0.717, 1.165) is 31.2 Å². The number of nitrogens with zero attached hydrogens (tertiary/aromatic N) is 1. The lowest BCUT2D eigenvalue weighted by molar-refractivity contribution is -0.139. The lowest BCUT2D eigenvalue weighted by atomic mass is 10.0. The second-order valence-electron chi connectivity index (χ2n) is 9.82. The van der Waals surface area contributed by atoms with Crippen LogP contribution in [0.3, 0.4) is 0 Å². The molecule has 3 atom stereocenters. The van der Waals surface area contributed by atoms with Crippen LogP contribution in [-0.4, -0.2) is 44.0 Å². The first-order valence-corrected chi connectivity index (χ1v) is 14.5. The number of hydrogen-bond donors (Lipinski definition) is 2. The quantitative estimate of drug-likeness (QED) is 0.245. The minimum absolute atomic E-state index is 0.00875. The molecule has 13 heteroatoms. The summed E-state index contributed by atoms with van der Waals surface area (Å²) in [6.45, 7) is 3.43. The fourth-order valence-corrected chi connectivity index (χ4v) is 6.01. The van der Waals surface area contributed by atoms with Crippen molar-refractivity contribution in [1.29, 1.82) is 0 Å². The van der Waals surface area contributed by atoms with Crippen molar-refractivity contribution in [3.05, 3.63) is 47.8 Å². The average molecular weight is 586 g/mol. The molecule has 0 aromatic heterocycles. The van der Waals surface area contributed by atoms with Crippen LogP contribution in [0, 0.1) is 11.7 Å². The van der Waals surface area contributed by atoms with Crippen LogP contribution in [0.5, 0.6) is 5.75 Å². The standard InChI is InChI=1S/C25H30F6NO4PS/c1-4-23(2,37(33)34)15-36-21-12-22-20(11-19(21)25(29,30)31)32(18-7-5-17(26)6-8-18)13-16(14-38(22)35)9-10-24(3,27)28/h5-8,11-12,16,33-34H,4,9-10,13-15H2,1-3H3/t16-,23+,38?/m1/s1. The number of hydrogen-bond acceptors (Lipinski definition) is 5. The Labute approximate surface area is 221 Å². The zero-order chi connectivity index (χ0) is 28.5. The molecule has 1 unspecified atom stereocenters. The van der Waals surface area contributed by atoms with E-state index in [9.17, 15) is 40.3 Å². The summed E-state index contributed by atoms with van der Waals surface area (Å²) in [5, 5.41) is -1.21. The van der Waals surface area contributed by atoms with Crippen LogP contribution in [-0.2, 0) is 17.0 Å². The fraction of sp³-hybridized carbons (Fsp3) is 0.520. The maximum Gasteiger partial charge on any atom is 0.420 e. The van der Waals surface area contributed by atoms with Crippen molar-refractivity contribution in [3.8, 4) is 5.75 Å². The summed E-state index contributed by atoms with van der Waals surface area (Å²) < 4.78 is 102. The molecular formula is C25H30F6NO4PS. The lowest BCUT2D eigenvalue weighted by Gasteiger charge is -2.31. The van der Waals surface area contributed by atoms with Gasteiger partial charge in [-0.1, -0.05) is 6.92 Å². The summed E-state index contributed by atoms with van der Waals surface area (Å²) in [7, 11) is -4.40. The molecule has 0 aliphatic carbocycles. The van der Waals surface area contributed by atoms with Crippen molar-refractivity contribution in [3.63, 3.8) is 0 Å². The summed E-state index contributed by atoms with van der Waals surface area (Å²) in [5.74, 6) is -4.80. The molecule has 212 valence electrons. The molecular weight excluding hydrogens is 555 g/mol. The summed E-state index contributed by atoms with van der Waals surface area (Å²) in [4.78, 5) is 20.9. The number of halogens is 6. The molecule has 1 heterocycles. The Kier molecular flexibility index (Phi) is 9.44. The molecule has 0 saturated carbocycles. The third-order valence-corrected chi connectivity index (χ3v) is 9.65. The van der Waals surface area contributed by atoms with Crippen LogP contribution >= 0.6 is 8.38 Å². The average Bonchev–Trinajstić information content (AvgIpc) is 2.96. The van der Waals surface area contributed by atoms with Gasteiger partial charge in [-0.05, 0) is 69.0 Å². The van der Waals surface area contributed by atoms with Crippen LogP contribution < -0.4 is 9.64 Å². The van der Waals surface area contributed by atoms with E-state index < -0.39 is 72.5 Å². The SMILES string of the molecule is CC[C@@](C)(COc1cc2c(cc1C(F)(F)F)N(c1ccc(F)cc1)C[C@@H](CCC(C)(F)F)CS2=O)P(O)O. The first-order valence-electron chi connectivity index (χ1n) is 11.9. The first kappa shape index (κ1) is 30.7. The van der Waals surface area contributed by atoms with E-state index in [1.165, 1.54) is 24.0 Å². The minimum Gasteiger partial charge on any atom is -0.492 e. The van der Waals surface area contributed by atoms with Gasteiger partial charge in [0.2, 0.25) is 5.92 Å². The van der Waals surface area contributed by atoms with Crippen LogP contribution in [0.4, 0.5) is 37.7 Å². The van der Waals surface area contributed by atoms with Crippen LogP contribution in [0.1, 0.15) is 45.6 Å². The molecule has 2 aromatic carbocycles. The van der Waals surface area contributed by atoms with Gasteiger partial charge >= 0.3 is 6.18 Å². The van der Waals surface area contributed by atoms with Gasteiger partial charge in [-0.25, -0.2) is 13.2 Å². The first-order chi connectivity index (χ1) is 17.5. The summed E-state index contributed by atoms with van der Waals surface area (Å²) in [6.07, 6.45) is -5.19. The van der Waals surface area contributed by atoms with Crippen LogP contribution in [0.2, 0.25) is 0 Å². The predicted molar refractivity (Wildman–Crippen MR) is 135 cm³/mol. The molecule has 0 spiro atoms. The molecule has 0 radical (unpaired) electrons. The highest BCUT2D eigenvalue weighted by atomic mass is 32.2. The van der Waals surface area contributed by atoms with Gasteiger partial charge in [0.1, 0.15) is 18.2 Å². The number of fused-ring (bicyclic) bond motifs is 1. The summed E-state index contributed by atoms with van der Waals surface area (Å²) in [5.41, 5.74) is -0.908. The summed E-state index contributed by atoms with van der Waals surface area (Å²) >= 11 is 0. The lowest BCUT2D eigenvalue weighted by Crippen LogP contribution is -2.30. The number of benzene rings is 2. The van der Waals surface area contributed by atoms with Crippen molar-refractivity contribution in [2.75, 3.05) is 23.8 Å². The van der Waals surface area contributed by atoms with Gasteiger partial charge in [-0.2, -0.15) is 13.2 Å². The van der Waals surface area contributed by atoms with Crippen molar-refractivity contribution in [2.45, 2.75) is 62.2 Å². The van der Waals surface area contributed by atoms with E-state index in [0.29, 0.717) is 5.69 Å². The minimum atomic E-state index is -4.89. The topological polar surface area (TPSA) is 70.0 Å². The number of rotatable bonds is 9. The molecule has 3 rings (SSSR count). The molecule has 2 N–H and O–H groups in total. The highest BCUT2D eigenvalue weighted by Crippen LogP contribution is 2.48. The van der Waals surface area contributed by atoms with Gasteiger partial charge in [0.15, 0.2) is 8.38 Å². The van der Waals surface area contributed by atoms with Gasteiger partial charge in [-0.15, -0.1) is 0 Å². The Hall–Kier alpha value is -1.88. The smallest absolute Gasteiger partial charge is 0.420 e. The van der Waals surface area contributed by atoms with Gasteiger partial charge in [0.25, 0.3) is 0 Å². The second kappa shape index (κ2) is 11.7. The molecule has 1 aliphatic heterocycles. The van der Waals surface area contributed by atoms with E-state index in [-0.39, 0.29) is 35.7 Å². The maximum absolute atomic E-state index is 14.2. The molecule has 0 saturated heterocycles. The van der Waals surface area contributed by atoms with E-state index in [4.69, 9.17) is 4.74 Å². The number of anilines is 2. The molecule has 0 bridgehead atoms. The van der Waals surface area contributed by atoms with Crippen molar-refractivity contribution in [2.24, 2.45) is 5.92 Å². The normalized spacial score (nSPS) is 20.2.